The van der Waals surface area contributed by atoms with Gasteiger partial charge >= 0.3 is 6.18 Å². The SMILES string of the molecule is CCc1cc(COC2CC2)c2nccc(N3CCc4c(cc(Cn5ccnc5)cc4-c4cn(C)nc4C(F)(F)F)C3=O)c2c1. The van der Waals surface area contributed by atoms with E-state index in [1.807, 2.05) is 10.6 Å². The first-order chi connectivity index (χ1) is 21.2. The second-order valence-electron chi connectivity index (χ2n) is 11.5. The third-order valence-electron chi connectivity index (χ3n) is 8.34. The molecule has 1 fully saturated rings. The molecule has 8 nitrogen and oxygen atoms in total. The number of hydrogen-bond donors (Lipinski definition) is 0. The molecule has 2 aliphatic rings. The maximum atomic E-state index is 14.4. The molecular formula is C33H31F3N6O2. The fourth-order valence-corrected chi connectivity index (χ4v) is 6.08. The molecule has 11 heteroatoms. The van der Waals surface area contributed by atoms with Gasteiger partial charge in [0.2, 0.25) is 0 Å². The lowest BCUT2D eigenvalue weighted by Gasteiger charge is -2.31. The number of aromatic nitrogens is 5. The third-order valence-corrected chi connectivity index (χ3v) is 8.34. The van der Waals surface area contributed by atoms with Crippen LogP contribution in [0.3, 0.4) is 0 Å². The number of pyridine rings is 1. The van der Waals surface area contributed by atoms with Gasteiger partial charge in [-0.2, -0.15) is 18.3 Å². The van der Waals surface area contributed by atoms with Gasteiger partial charge < -0.3 is 14.2 Å². The fourth-order valence-electron chi connectivity index (χ4n) is 6.08. The average molecular weight is 601 g/mol. The topological polar surface area (TPSA) is 78.1 Å². The molecule has 0 radical (unpaired) electrons. The predicted molar refractivity (Wildman–Crippen MR) is 159 cm³/mol. The van der Waals surface area contributed by atoms with Crippen molar-refractivity contribution in [3.63, 3.8) is 0 Å². The van der Waals surface area contributed by atoms with E-state index in [-0.39, 0.29) is 11.5 Å². The molecular weight excluding hydrogens is 569 g/mol. The van der Waals surface area contributed by atoms with Crippen LogP contribution in [0.4, 0.5) is 18.9 Å². The fraction of sp³-hybridized carbons (Fsp3) is 0.333. The van der Waals surface area contributed by atoms with E-state index < -0.39 is 11.9 Å². The molecule has 0 bridgehead atoms. The second-order valence-corrected chi connectivity index (χ2v) is 11.5. The Hall–Kier alpha value is -4.51. The van der Waals surface area contributed by atoms with Crippen LogP contribution in [0.1, 0.15) is 58.1 Å². The van der Waals surface area contributed by atoms with Gasteiger partial charge in [0.25, 0.3) is 5.91 Å². The van der Waals surface area contributed by atoms with E-state index in [4.69, 9.17) is 4.74 Å². The average Bonchev–Trinajstić information content (AvgIpc) is 3.52. The monoisotopic (exact) mass is 600 g/mol. The van der Waals surface area contributed by atoms with Gasteiger partial charge in [-0.25, -0.2) is 4.98 Å². The quantitative estimate of drug-likeness (QED) is 0.208. The Bertz CT molecular complexity index is 1870. The van der Waals surface area contributed by atoms with E-state index in [1.54, 1.807) is 42.0 Å². The molecule has 5 aromatic rings. The Morgan fingerprint density at radius 3 is 2.59 bits per heavy atom. The molecule has 3 aromatic heterocycles. The van der Waals surface area contributed by atoms with Gasteiger partial charge in [0.15, 0.2) is 5.69 Å². The summed E-state index contributed by atoms with van der Waals surface area (Å²) >= 11 is 0. The Kier molecular flexibility index (Phi) is 7.00. The standard InChI is InChI=1S/C33H31F3N6O2/c1-3-20-12-22(18-44-23-4-5-23)30-27(13-20)29(6-8-38-30)42-10-7-24-25(28-17-40(2)39-31(28)33(34,35)36)14-21(15-26(24)32(42)43)16-41-11-9-37-19-41/h6,8-9,11-15,17,19,23H,3-5,7,10,16,18H2,1-2H3. The molecule has 1 aliphatic heterocycles. The van der Waals surface area contributed by atoms with Crippen LogP contribution in [-0.2, 0) is 44.0 Å². The second kappa shape index (κ2) is 10.9. The first-order valence-corrected chi connectivity index (χ1v) is 14.8. The number of fused-ring (bicyclic) bond motifs is 2. The van der Waals surface area contributed by atoms with Crippen molar-refractivity contribution in [1.29, 1.82) is 0 Å². The van der Waals surface area contributed by atoms with Gasteiger partial charge in [0.05, 0.1) is 30.2 Å². The molecule has 0 saturated heterocycles. The van der Waals surface area contributed by atoms with E-state index in [9.17, 15) is 18.0 Å². The number of carbonyl (C=O) groups is 1. The molecule has 0 N–H and O–H groups in total. The summed E-state index contributed by atoms with van der Waals surface area (Å²) in [6.45, 7) is 3.19. The number of benzene rings is 2. The highest BCUT2D eigenvalue weighted by Crippen LogP contribution is 2.41. The minimum absolute atomic E-state index is 0.0350. The minimum atomic E-state index is -4.65. The molecule has 44 heavy (non-hydrogen) atoms. The first-order valence-electron chi connectivity index (χ1n) is 14.8. The van der Waals surface area contributed by atoms with Gasteiger partial charge in [-0.05, 0) is 72.2 Å². The highest BCUT2D eigenvalue weighted by molar-refractivity contribution is 6.13. The van der Waals surface area contributed by atoms with Gasteiger partial charge in [0, 0.05) is 67.0 Å². The van der Waals surface area contributed by atoms with Crippen LogP contribution in [0, 0.1) is 0 Å². The lowest BCUT2D eigenvalue weighted by molar-refractivity contribution is -0.140. The molecule has 2 aromatic carbocycles. The summed E-state index contributed by atoms with van der Waals surface area (Å²) in [5.74, 6) is -0.261. The molecule has 0 unspecified atom stereocenters. The number of aryl methyl sites for hydroxylation is 2. The summed E-state index contributed by atoms with van der Waals surface area (Å²) < 4.78 is 51.4. The predicted octanol–water partition coefficient (Wildman–Crippen LogP) is 6.34. The summed E-state index contributed by atoms with van der Waals surface area (Å²) in [6.07, 6.45) is 7.11. The minimum Gasteiger partial charge on any atom is -0.373 e. The Labute approximate surface area is 252 Å². The molecule has 7 rings (SSSR count). The number of nitrogens with zero attached hydrogens (tertiary/aromatic N) is 6. The van der Waals surface area contributed by atoms with Crippen molar-refractivity contribution in [3.05, 3.63) is 95.0 Å². The maximum Gasteiger partial charge on any atom is 0.435 e. The van der Waals surface area contributed by atoms with Crippen LogP contribution in [0.5, 0.6) is 0 Å². The van der Waals surface area contributed by atoms with E-state index in [2.05, 4.69) is 34.1 Å². The maximum absolute atomic E-state index is 14.4. The lowest BCUT2D eigenvalue weighted by Crippen LogP contribution is -2.38. The van der Waals surface area contributed by atoms with Crippen molar-refractivity contribution < 1.29 is 22.7 Å². The van der Waals surface area contributed by atoms with Gasteiger partial charge in [0.1, 0.15) is 0 Å². The first kappa shape index (κ1) is 28.3. The Morgan fingerprint density at radius 1 is 1.05 bits per heavy atom. The van der Waals surface area contributed by atoms with Gasteiger partial charge in [-0.1, -0.05) is 13.0 Å². The van der Waals surface area contributed by atoms with Gasteiger partial charge in [-0.3, -0.25) is 14.5 Å². The van der Waals surface area contributed by atoms with Crippen LogP contribution >= 0.6 is 0 Å². The molecule has 226 valence electrons. The van der Waals surface area contributed by atoms with Gasteiger partial charge in [-0.15, -0.1) is 0 Å². The largest absolute Gasteiger partial charge is 0.435 e. The van der Waals surface area contributed by atoms with Crippen molar-refractivity contribution in [2.24, 2.45) is 7.05 Å². The van der Waals surface area contributed by atoms with Crippen LogP contribution in [0.25, 0.3) is 22.0 Å². The summed E-state index contributed by atoms with van der Waals surface area (Å²) in [5.41, 5.74) is 4.66. The van der Waals surface area contributed by atoms with E-state index in [0.717, 1.165) is 47.0 Å². The molecule has 1 amide bonds. The number of rotatable bonds is 8. The number of anilines is 1. The normalized spacial score (nSPS) is 15.3. The zero-order valence-corrected chi connectivity index (χ0v) is 24.4. The third kappa shape index (κ3) is 5.25. The molecule has 1 aliphatic carbocycles. The number of alkyl halides is 3. The van der Waals surface area contributed by atoms with Crippen LogP contribution in [0.15, 0.2) is 61.4 Å². The summed E-state index contributed by atoms with van der Waals surface area (Å²) in [7, 11) is 1.47. The van der Waals surface area contributed by atoms with Crippen LogP contribution in [-0.4, -0.2) is 42.9 Å². The van der Waals surface area contributed by atoms with E-state index >= 15 is 0 Å². The Balaban J connectivity index is 1.35. The number of hydrogen-bond acceptors (Lipinski definition) is 5. The molecule has 0 atom stereocenters. The number of carbonyl (C=O) groups excluding carboxylic acids is 1. The Morgan fingerprint density at radius 2 is 1.86 bits per heavy atom. The van der Waals surface area contributed by atoms with Crippen molar-refractivity contribution in [1.82, 2.24) is 24.3 Å². The van der Waals surface area contributed by atoms with E-state index in [1.165, 1.54) is 17.9 Å². The van der Waals surface area contributed by atoms with Crippen molar-refractivity contribution in [2.75, 3.05) is 11.4 Å². The molecule has 1 saturated carbocycles. The van der Waals surface area contributed by atoms with Crippen molar-refractivity contribution in [2.45, 2.75) is 58.0 Å². The van der Waals surface area contributed by atoms with Crippen molar-refractivity contribution in [3.8, 4) is 11.1 Å². The van der Waals surface area contributed by atoms with Crippen molar-refractivity contribution >= 4 is 22.5 Å². The van der Waals surface area contributed by atoms with E-state index in [0.29, 0.717) is 54.5 Å². The lowest BCUT2D eigenvalue weighted by atomic mass is 9.87. The molecule has 4 heterocycles. The zero-order chi connectivity index (χ0) is 30.6. The zero-order valence-electron chi connectivity index (χ0n) is 24.4. The number of amides is 1. The summed E-state index contributed by atoms with van der Waals surface area (Å²) in [6, 6.07) is 9.58. The summed E-state index contributed by atoms with van der Waals surface area (Å²) in [4.78, 5) is 24.9. The van der Waals surface area contributed by atoms with Crippen LogP contribution in [0.2, 0.25) is 0 Å². The highest BCUT2D eigenvalue weighted by atomic mass is 19.4. The number of ether oxygens (including phenoxy) is 1. The molecule has 0 spiro atoms. The van der Waals surface area contributed by atoms with Crippen LogP contribution < -0.4 is 4.90 Å². The summed E-state index contributed by atoms with van der Waals surface area (Å²) in [5, 5.41) is 4.61. The number of halogens is 3. The highest BCUT2D eigenvalue weighted by Gasteiger charge is 2.39. The number of imidazole rings is 1. The smallest absolute Gasteiger partial charge is 0.373 e.